The molecule has 1 heterocycles. The number of rotatable bonds is 3. The second-order valence-corrected chi connectivity index (χ2v) is 4.98. The molecule has 0 spiro atoms. The van der Waals surface area contributed by atoms with Gasteiger partial charge in [0, 0.05) is 26.0 Å². The van der Waals surface area contributed by atoms with Crippen molar-refractivity contribution < 1.29 is 4.79 Å². The van der Waals surface area contributed by atoms with Crippen molar-refractivity contribution in [2.45, 2.75) is 32.1 Å². The minimum atomic E-state index is -0.133. The van der Waals surface area contributed by atoms with Gasteiger partial charge in [-0.15, -0.1) is 0 Å². The first-order valence-corrected chi connectivity index (χ1v) is 6.50. The Morgan fingerprint density at radius 3 is 2.67 bits per heavy atom. The van der Waals surface area contributed by atoms with Crippen LogP contribution in [-0.2, 0) is 0 Å². The molecule has 0 radical (unpaired) electrons. The van der Waals surface area contributed by atoms with Crippen LogP contribution in [0.2, 0.25) is 0 Å². The Bertz CT molecular complexity index is 415. The summed E-state index contributed by atoms with van der Waals surface area (Å²) in [6, 6.07) is 0. The predicted octanol–water partition coefficient (Wildman–Crippen LogP) is 1.71. The van der Waals surface area contributed by atoms with E-state index in [1.54, 1.807) is 4.90 Å². The number of nitrogen functional groups attached to an aromatic ring is 1. The molecule has 0 aliphatic heterocycles. The quantitative estimate of drug-likeness (QED) is 0.884. The number of anilines is 1. The third kappa shape index (κ3) is 2.97. The Kier molecular flexibility index (Phi) is 4.12. The van der Waals surface area contributed by atoms with Gasteiger partial charge in [-0.2, -0.15) is 0 Å². The number of amides is 1. The highest BCUT2D eigenvalue weighted by Crippen LogP contribution is 2.24. The normalized spacial score (nSPS) is 16.5. The molecule has 2 N–H and O–H groups in total. The minimum absolute atomic E-state index is 0.133. The lowest BCUT2D eigenvalue weighted by Gasteiger charge is -2.26. The third-order valence-corrected chi connectivity index (χ3v) is 3.53. The van der Waals surface area contributed by atoms with E-state index in [1.165, 1.54) is 44.5 Å². The van der Waals surface area contributed by atoms with Gasteiger partial charge in [-0.3, -0.25) is 4.79 Å². The van der Waals surface area contributed by atoms with Gasteiger partial charge < -0.3 is 10.6 Å². The summed E-state index contributed by atoms with van der Waals surface area (Å²) >= 11 is 0. The third-order valence-electron chi connectivity index (χ3n) is 3.53. The fourth-order valence-corrected chi connectivity index (χ4v) is 2.53. The van der Waals surface area contributed by atoms with Crippen LogP contribution >= 0.6 is 0 Å². The number of hydrogen-bond donors (Lipinski definition) is 1. The average molecular weight is 248 g/mol. The summed E-state index contributed by atoms with van der Waals surface area (Å²) in [5, 5.41) is 0. The van der Waals surface area contributed by atoms with Crippen LogP contribution in [0.5, 0.6) is 0 Å². The molecule has 0 aromatic carbocycles. The summed E-state index contributed by atoms with van der Waals surface area (Å²) in [6.07, 6.45) is 9.30. The first kappa shape index (κ1) is 12.8. The van der Waals surface area contributed by atoms with E-state index in [0.717, 1.165) is 6.54 Å². The van der Waals surface area contributed by atoms with Gasteiger partial charge in [-0.1, -0.05) is 19.3 Å². The van der Waals surface area contributed by atoms with E-state index in [2.05, 4.69) is 9.97 Å². The van der Waals surface area contributed by atoms with E-state index in [-0.39, 0.29) is 17.4 Å². The zero-order valence-electron chi connectivity index (χ0n) is 10.8. The summed E-state index contributed by atoms with van der Waals surface area (Å²) in [5.74, 6) is 0.690. The number of carbonyl (C=O) groups excluding carboxylic acids is 1. The van der Waals surface area contributed by atoms with Crippen molar-refractivity contribution in [3.05, 3.63) is 18.1 Å². The Morgan fingerprint density at radius 2 is 2.00 bits per heavy atom. The highest BCUT2D eigenvalue weighted by Gasteiger charge is 2.21. The maximum Gasteiger partial charge on any atom is 0.276 e. The lowest BCUT2D eigenvalue weighted by molar-refractivity contribution is 0.0755. The largest absolute Gasteiger partial charge is 0.382 e. The van der Waals surface area contributed by atoms with E-state index in [4.69, 9.17) is 5.73 Å². The first-order chi connectivity index (χ1) is 8.68. The molecule has 0 bridgehead atoms. The van der Waals surface area contributed by atoms with Crippen LogP contribution in [0.4, 0.5) is 5.82 Å². The van der Waals surface area contributed by atoms with Gasteiger partial charge in [0.1, 0.15) is 0 Å². The van der Waals surface area contributed by atoms with E-state index in [9.17, 15) is 4.79 Å². The zero-order chi connectivity index (χ0) is 13.0. The summed E-state index contributed by atoms with van der Waals surface area (Å²) in [4.78, 5) is 21.8. The molecule has 1 aromatic rings. The van der Waals surface area contributed by atoms with E-state index in [1.807, 2.05) is 7.05 Å². The summed E-state index contributed by atoms with van der Waals surface area (Å²) < 4.78 is 0. The van der Waals surface area contributed by atoms with Crippen molar-refractivity contribution in [3.63, 3.8) is 0 Å². The molecule has 1 aromatic heterocycles. The maximum atomic E-state index is 12.2. The summed E-state index contributed by atoms with van der Waals surface area (Å²) in [5.41, 5.74) is 5.93. The fraction of sp³-hybridized carbons (Fsp3) is 0.615. The average Bonchev–Trinajstić information content (AvgIpc) is 2.39. The second-order valence-electron chi connectivity index (χ2n) is 4.98. The van der Waals surface area contributed by atoms with E-state index in [0.29, 0.717) is 5.92 Å². The second kappa shape index (κ2) is 5.80. The molecular formula is C13H20N4O. The molecule has 1 saturated carbocycles. The molecule has 0 unspecified atom stereocenters. The topological polar surface area (TPSA) is 72.1 Å². The summed E-state index contributed by atoms with van der Waals surface area (Å²) in [7, 11) is 1.81. The summed E-state index contributed by atoms with van der Waals surface area (Å²) in [6.45, 7) is 0.787. The molecule has 0 saturated heterocycles. The predicted molar refractivity (Wildman–Crippen MR) is 70.0 cm³/mol. The van der Waals surface area contributed by atoms with Gasteiger partial charge in [0.2, 0.25) is 0 Å². The van der Waals surface area contributed by atoms with E-state index < -0.39 is 0 Å². The molecule has 1 fully saturated rings. The Balaban J connectivity index is 1.98. The molecular weight excluding hydrogens is 228 g/mol. The van der Waals surface area contributed by atoms with Gasteiger partial charge in [0.15, 0.2) is 11.5 Å². The first-order valence-electron chi connectivity index (χ1n) is 6.50. The van der Waals surface area contributed by atoms with Crippen LogP contribution < -0.4 is 5.73 Å². The van der Waals surface area contributed by atoms with Crippen LogP contribution in [0, 0.1) is 5.92 Å². The number of nitrogens with zero attached hydrogens (tertiary/aromatic N) is 3. The number of nitrogens with two attached hydrogens (primary N) is 1. The van der Waals surface area contributed by atoms with Gasteiger partial charge in [0.05, 0.1) is 0 Å². The fourth-order valence-electron chi connectivity index (χ4n) is 2.53. The smallest absolute Gasteiger partial charge is 0.276 e. The Hall–Kier alpha value is -1.65. The highest BCUT2D eigenvalue weighted by molar-refractivity contribution is 5.96. The van der Waals surface area contributed by atoms with Gasteiger partial charge in [-0.25, -0.2) is 9.97 Å². The lowest BCUT2D eigenvalue weighted by Crippen LogP contribution is -2.33. The standard InChI is InChI=1S/C13H20N4O/c1-17(9-10-5-3-2-4-6-10)13(18)11-12(14)16-8-7-15-11/h7-8,10H,2-6,9H2,1H3,(H2,14,16). The number of hydrogen-bond acceptors (Lipinski definition) is 4. The van der Waals surface area contributed by atoms with Crippen LogP contribution in [0.1, 0.15) is 42.6 Å². The Labute approximate surface area is 107 Å². The lowest BCUT2D eigenvalue weighted by atomic mass is 9.89. The van der Waals surface area contributed by atoms with Crippen LogP contribution in [0.3, 0.4) is 0 Å². The van der Waals surface area contributed by atoms with Gasteiger partial charge in [0.25, 0.3) is 5.91 Å². The molecule has 5 heteroatoms. The molecule has 0 atom stereocenters. The van der Waals surface area contributed by atoms with Gasteiger partial charge >= 0.3 is 0 Å². The number of aromatic nitrogens is 2. The molecule has 18 heavy (non-hydrogen) atoms. The SMILES string of the molecule is CN(CC1CCCCC1)C(=O)c1nccnc1N. The Morgan fingerprint density at radius 1 is 1.33 bits per heavy atom. The molecule has 1 amide bonds. The number of carbonyl (C=O) groups is 1. The molecule has 1 aliphatic carbocycles. The highest BCUT2D eigenvalue weighted by atomic mass is 16.2. The van der Waals surface area contributed by atoms with Gasteiger partial charge in [-0.05, 0) is 18.8 Å². The van der Waals surface area contributed by atoms with Crippen LogP contribution in [-0.4, -0.2) is 34.4 Å². The molecule has 1 aliphatic rings. The zero-order valence-corrected chi connectivity index (χ0v) is 10.8. The van der Waals surface area contributed by atoms with Crippen molar-refractivity contribution in [1.82, 2.24) is 14.9 Å². The molecule has 5 nitrogen and oxygen atoms in total. The minimum Gasteiger partial charge on any atom is -0.382 e. The van der Waals surface area contributed by atoms with Crippen molar-refractivity contribution in [1.29, 1.82) is 0 Å². The van der Waals surface area contributed by atoms with Crippen LogP contribution in [0.15, 0.2) is 12.4 Å². The van der Waals surface area contributed by atoms with E-state index >= 15 is 0 Å². The monoisotopic (exact) mass is 248 g/mol. The van der Waals surface area contributed by atoms with Crippen molar-refractivity contribution in [2.75, 3.05) is 19.3 Å². The van der Waals surface area contributed by atoms with Crippen LogP contribution in [0.25, 0.3) is 0 Å². The molecule has 98 valence electrons. The molecule has 2 rings (SSSR count). The maximum absolute atomic E-state index is 12.2. The van der Waals surface area contributed by atoms with Crippen molar-refractivity contribution >= 4 is 11.7 Å². The van der Waals surface area contributed by atoms with Crippen molar-refractivity contribution in [2.24, 2.45) is 5.92 Å². The van der Waals surface area contributed by atoms with Crippen molar-refractivity contribution in [3.8, 4) is 0 Å².